The highest BCUT2D eigenvalue weighted by Crippen LogP contribution is 2.44. The lowest BCUT2D eigenvalue weighted by Crippen LogP contribution is -2.53. The Morgan fingerprint density at radius 3 is 2.62 bits per heavy atom. The average Bonchev–Trinajstić information content (AvgIpc) is 3.36. The molecule has 0 aromatic heterocycles. The highest BCUT2D eigenvalue weighted by Gasteiger charge is 2.45. The fourth-order valence-corrected chi connectivity index (χ4v) is 4.79. The zero-order valence-electron chi connectivity index (χ0n) is 17.1. The number of anilines is 1. The third-order valence-corrected chi connectivity index (χ3v) is 6.12. The molecule has 1 fully saturated rings. The molecule has 3 heterocycles. The maximum atomic E-state index is 5.88. The molecule has 0 aliphatic carbocycles. The molecule has 6 heteroatoms. The lowest BCUT2D eigenvalue weighted by Gasteiger charge is -2.43. The van der Waals surface area contributed by atoms with Crippen molar-refractivity contribution >= 4 is 23.9 Å². The quantitative estimate of drug-likeness (QED) is 0.752. The Morgan fingerprint density at radius 2 is 1.83 bits per heavy atom. The van der Waals surface area contributed by atoms with Gasteiger partial charge in [0.25, 0.3) is 0 Å². The normalized spacial score (nSPS) is 22.0. The van der Waals surface area contributed by atoms with Crippen molar-refractivity contribution in [2.75, 3.05) is 51.8 Å². The molecule has 0 radical (unpaired) electrons. The summed E-state index contributed by atoms with van der Waals surface area (Å²) in [6.45, 7) is 4.66. The minimum absolute atomic E-state index is 0. The number of hydrogen-bond donors (Lipinski definition) is 0. The summed E-state index contributed by atoms with van der Waals surface area (Å²) < 4.78 is 5.88. The average molecular weight is 413 g/mol. The fourth-order valence-electron chi connectivity index (χ4n) is 4.79. The number of likely N-dealkylation sites (N-methyl/N-ethyl adjacent to an activating group) is 1. The van der Waals surface area contributed by atoms with Crippen LogP contribution in [0.5, 0.6) is 5.75 Å². The Kier molecular flexibility index (Phi) is 5.70. The Balaban J connectivity index is 0.00000205. The van der Waals surface area contributed by atoms with Crippen molar-refractivity contribution in [2.45, 2.75) is 18.5 Å². The highest BCUT2D eigenvalue weighted by molar-refractivity contribution is 6.06. The molecule has 2 aromatic carbocycles. The van der Waals surface area contributed by atoms with E-state index in [1.165, 1.54) is 29.1 Å². The van der Waals surface area contributed by atoms with Crippen LogP contribution < -0.4 is 9.64 Å². The first-order valence-corrected chi connectivity index (χ1v) is 10.3. The van der Waals surface area contributed by atoms with E-state index in [0.29, 0.717) is 12.1 Å². The molecular formula is C23H29ClN4O. The molecule has 2 aromatic rings. The van der Waals surface area contributed by atoms with Crippen LogP contribution in [0.4, 0.5) is 5.69 Å². The Morgan fingerprint density at radius 1 is 1.03 bits per heavy atom. The van der Waals surface area contributed by atoms with Crippen LogP contribution in [0, 0.1) is 0 Å². The predicted molar refractivity (Wildman–Crippen MR) is 121 cm³/mol. The van der Waals surface area contributed by atoms with Crippen LogP contribution in [0.15, 0.2) is 53.5 Å². The molecule has 29 heavy (non-hydrogen) atoms. The number of amidine groups is 1. The van der Waals surface area contributed by atoms with Crippen molar-refractivity contribution in [2.24, 2.45) is 4.99 Å². The van der Waals surface area contributed by atoms with E-state index in [1.54, 1.807) is 0 Å². The summed E-state index contributed by atoms with van der Waals surface area (Å²) in [6.07, 6.45) is 1.54. The first kappa shape index (κ1) is 20.0. The van der Waals surface area contributed by atoms with Crippen LogP contribution in [0.25, 0.3) is 0 Å². The van der Waals surface area contributed by atoms with E-state index in [2.05, 4.69) is 77.3 Å². The van der Waals surface area contributed by atoms with Crippen molar-refractivity contribution in [3.8, 4) is 5.75 Å². The molecule has 5 rings (SSSR count). The minimum Gasteiger partial charge on any atom is -0.492 e. The maximum Gasteiger partial charge on any atom is 0.134 e. The van der Waals surface area contributed by atoms with E-state index in [4.69, 9.17) is 9.73 Å². The van der Waals surface area contributed by atoms with Gasteiger partial charge in [0.1, 0.15) is 24.4 Å². The first-order valence-electron chi connectivity index (χ1n) is 10.3. The van der Waals surface area contributed by atoms with E-state index < -0.39 is 0 Å². The van der Waals surface area contributed by atoms with Gasteiger partial charge in [-0.3, -0.25) is 4.99 Å². The van der Waals surface area contributed by atoms with Crippen LogP contribution >= 0.6 is 12.4 Å². The van der Waals surface area contributed by atoms with Gasteiger partial charge in [0.05, 0.1) is 6.54 Å². The van der Waals surface area contributed by atoms with Gasteiger partial charge in [0.15, 0.2) is 0 Å². The molecule has 0 spiro atoms. The summed E-state index contributed by atoms with van der Waals surface area (Å²) >= 11 is 0. The van der Waals surface area contributed by atoms with Crippen LogP contribution in [0.3, 0.4) is 0 Å². The number of rotatable bonds is 5. The Labute approximate surface area is 179 Å². The fraction of sp³-hybridized carbons (Fsp3) is 0.435. The van der Waals surface area contributed by atoms with Crippen molar-refractivity contribution < 1.29 is 4.74 Å². The summed E-state index contributed by atoms with van der Waals surface area (Å²) in [7, 11) is 4.13. The molecule has 0 amide bonds. The lowest BCUT2D eigenvalue weighted by molar-refractivity contribution is 0.261. The van der Waals surface area contributed by atoms with Gasteiger partial charge < -0.3 is 19.4 Å². The summed E-state index contributed by atoms with van der Waals surface area (Å²) in [6, 6.07) is 17.5. The summed E-state index contributed by atoms with van der Waals surface area (Å²) in [5.41, 5.74) is 4.04. The number of fused-ring (bicyclic) bond motifs is 6. The second-order valence-corrected chi connectivity index (χ2v) is 8.14. The Bertz CT molecular complexity index is 883. The van der Waals surface area contributed by atoms with Crippen LogP contribution in [0.2, 0.25) is 0 Å². The van der Waals surface area contributed by atoms with Gasteiger partial charge in [-0.25, -0.2) is 0 Å². The number of aliphatic imine (C=N–C) groups is 1. The number of benzene rings is 2. The number of para-hydroxylation sites is 1. The monoisotopic (exact) mass is 412 g/mol. The van der Waals surface area contributed by atoms with Gasteiger partial charge in [-0.1, -0.05) is 24.3 Å². The topological polar surface area (TPSA) is 31.3 Å². The molecule has 2 unspecified atom stereocenters. The molecule has 2 atom stereocenters. The van der Waals surface area contributed by atoms with Gasteiger partial charge in [-0.2, -0.15) is 0 Å². The van der Waals surface area contributed by atoms with Crippen molar-refractivity contribution in [3.63, 3.8) is 0 Å². The minimum atomic E-state index is 0. The van der Waals surface area contributed by atoms with Crippen molar-refractivity contribution in [1.29, 1.82) is 0 Å². The molecule has 0 bridgehead atoms. The van der Waals surface area contributed by atoms with Crippen LogP contribution in [0.1, 0.15) is 23.5 Å². The molecule has 0 N–H and O–H groups in total. The zero-order valence-corrected chi connectivity index (χ0v) is 17.9. The number of ether oxygens (including phenoxy) is 1. The summed E-state index contributed by atoms with van der Waals surface area (Å²) in [4.78, 5) is 12.1. The van der Waals surface area contributed by atoms with E-state index in [9.17, 15) is 0 Å². The molecule has 1 saturated heterocycles. The van der Waals surface area contributed by atoms with Gasteiger partial charge in [0, 0.05) is 36.8 Å². The Hall–Kier alpha value is -2.24. The van der Waals surface area contributed by atoms with Gasteiger partial charge in [-0.15, -0.1) is 12.4 Å². The zero-order chi connectivity index (χ0) is 19.1. The van der Waals surface area contributed by atoms with Crippen LogP contribution in [-0.2, 0) is 0 Å². The van der Waals surface area contributed by atoms with Crippen LogP contribution in [-0.4, -0.2) is 68.7 Å². The predicted octanol–water partition coefficient (Wildman–Crippen LogP) is 3.44. The van der Waals surface area contributed by atoms with Gasteiger partial charge in [0.2, 0.25) is 0 Å². The van der Waals surface area contributed by atoms with E-state index in [0.717, 1.165) is 38.5 Å². The number of halogens is 1. The summed E-state index contributed by atoms with van der Waals surface area (Å²) in [5.74, 6) is 2.64. The standard InChI is InChI=1S/C23H28N4O.ClH/c1-25(2)15-16-28-18-9-7-17(8-10-18)19-11-13-26-21-6-4-3-5-20(21)22-24-12-14-27(22)23(19)26;/h3-10,19,23H,11-16H2,1-2H3;1H. The SMILES string of the molecule is CN(C)CCOc1ccc(C2CCN3c4ccccc4C4=NCCN4C23)cc1.Cl. The van der Waals surface area contributed by atoms with Gasteiger partial charge >= 0.3 is 0 Å². The number of nitrogens with zero attached hydrogens (tertiary/aromatic N) is 4. The first-order chi connectivity index (χ1) is 13.7. The molecule has 154 valence electrons. The van der Waals surface area contributed by atoms with Crippen molar-refractivity contribution in [1.82, 2.24) is 9.80 Å². The number of hydrogen-bond acceptors (Lipinski definition) is 5. The third kappa shape index (κ3) is 3.58. The smallest absolute Gasteiger partial charge is 0.134 e. The maximum absolute atomic E-state index is 5.88. The molecule has 3 aliphatic heterocycles. The van der Waals surface area contributed by atoms with Gasteiger partial charge in [-0.05, 0) is 50.3 Å². The highest BCUT2D eigenvalue weighted by atomic mass is 35.5. The van der Waals surface area contributed by atoms with Crippen molar-refractivity contribution in [3.05, 3.63) is 59.7 Å². The van der Waals surface area contributed by atoms with E-state index >= 15 is 0 Å². The molecular weight excluding hydrogens is 384 g/mol. The molecule has 0 saturated carbocycles. The second kappa shape index (κ2) is 8.25. The molecule has 3 aliphatic rings. The summed E-state index contributed by atoms with van der Waals surface area (Å²) in [5, 5.41) is 0. The second-order valence-electron chi connectivity index (χ2n) is 8.14. The van der Waals surface area contributed by atoms with E-state index in [1.807, 2.05) is 0 Å². The molecule has 5 nitrogen and oxygen atoms in total. The largest absolute Gasteiger partial charge is 0.492 e. The lowest BCUT2D eigenvalue weighted by atomic mass is 9.93. The third-order valence-electron chi connectivity index (χ3n) is 6.12. The van der Waals surface area contributed by atoms with E-state index in [-0.39, 0.29) is 12.4 Å².